The predicted octanol–water partition coefficient (Wildman–Crippen LogP) is 2.97. The van der Waals surface area contributed by atoms with Gasteiger partial charge in [0.2, 0.25) is 11.8 Å². The molecule has 0 fully saturated rings. The van der Waals surface area contributed by atoms with Gasteiger partial charge < -0.3 is 10.6 Å². The third-order valence-electron chi connectivity index (χ3n) is 3.32. The molecular weight excluding hydrogens is 337 g/mol. The number of hydrogen-bond acceptors (Lipinski definition) is 3. The predicted molar refractivity (Wildman–Crippen MR) is 85.9 cm³/mol. The first-order chi connectivity index (χ1) is 11.6. The van der Waals surface area contributed by atoms with E-state index in [1.54, 1.807) is 24.1 Å². The van der Waals surface area contributed by atoms with Crippen LogP contribution in [0.4, 0.5) is 24.5 Å². The van der Waals surface area contributed by atoms with Crippen LogP contribution in [0.3, 0.4) is 0 Å². The number of nitrogens with zero attached hydrogens (tertiary/aromatic N) is 2. The minimum Gasteiger partial charge on any atom is -0.326 e. The second kappa shape index (κ2) is 7.37. The number of amides is 2. The van der Waals surface area contributed by atoms with Crippen LogP contribution in [0.1, 0.15) is 24.5 Å². The lowest BCUT2D eigenvalue weighted by Gasteiger charge is -2.15. The third-order valence-corrected chi connectivity index (χ3v) is 3.32. The first-order valence-corrected chi connectivity index (χ1v) is 7.41. The number of alkyl halides is 3. The lowest BCUT2D eigenvalue weighted by molar-refractivity contribution is -0.137. The van der Waals surface area contributed by atoms with Gasteiger partial charge in [-0.15, -0.1) is 0 Å². The fourth-order valence-corrected chi connectivity index (χ4v) is 2.24. The van der Waals surface area contributed by atoms with Crippen LogP contribution in [-0.2, 0) is 29.2 Å². The fraction of sp³-hybridized carbons (Fsp3) is 0.312. The Morgan fingerprint density at radius 3 is 2.52 bits per heavy atom. The average molecular weight is 354 g/mol. The number of nitrogens with one attached hydrogen (secondary N) is 2. The largest absolute Gasteiger partial charge is 0.418 e. The molecule has 134 valence electrons. The average Bonchev–Trinajstić information content (AvgIpc) is 2.91. The Kier molecular flexibility index (Phi) is 5.45. The Labute approximate surface area is 142 Å². The van der Waals surface area contributed by atoms with Gasteiger partial charge in [-0.3, -0.25) is 14.3 Å². The van der Waals surface area contributed by atoms with Gasteiger partial charge >= 0.3 is 6.18 Å². The minimum atomic E-state index is -4.67. The van der Waals surface area contributed by atoms with Crippen LogP contribution in [0.25, 0.3) is 0 Å². The summed E-state index contributed by atoms with van der Waals surface area (Å²) in [5.41, 5.74) is -0.547. The highest BCUT2D eigenvalue weighted by molar-refractivity contribution is 5.93. The van der Waals surface area contributed by atoms with E-state index >= 15 is 0 Å². The highest BCUT2D eigenvalue weighted by Gasteiger charge is 2.34. The van der Waals surface area contributed by atoms with E-state index < -0.39 is 23.6 Å². The Morgan fingerprint density at radius 1 is 1.24 bits per heavy atom. The molecule has 1 heterocycles. The van der Waals surface area contributed by atoms with Crippen molar-refractivity contribution in [2.45, 2.75) is 25.9 Å². The lowest BCUT2D eigenvalue weighted by atomic mass is 10.1. The third kappa shape index (κ3) is 5.33. The molecule has 0 saturated heterocycles. The van der Waals surface area contributed by atoms with Gasteiger partial charge in [0.1, 0.15) is 0 Å². The Hall–Kier alpha value is -2.84. The zero-order valence-electron chi connectivity index (χ0n) is 13.6. The van der Waals surface area contributed by atoms with Gasteiger partial charge in [0, 0.05) is 32.3 Å². The molecule has 0 radical (unpaired) electrons. The molecule has 1 aromatic heterocycles. The summed E-state index contributed by atoms with van der Waals surface area (Å²) in [6.45, 7) is 1.20. The molecule has 0 spiro atoms. The number of carbonyl (C=O) groups is 2. The molecule has 0 saturated carbocycles. The van der Waals surface area contributed by atoms with Crippen molar-refractivity contribution in [1.82, 2.24) is 9.78 Å². The number of benzene rings is 1. The molecule has 0 atom stereocenters. The molecule has 6 nitrogen and oxygen atoms in total. The Morgan fingerprint density at radius 2 is 1.96 bits per heavy atom. The summed E-state index contributed by atoms with van der Waals surface area (Å²) in [5.74, 6) is -1.02. The van der Waals surface area contributed by atoms with Gasteiger partial charge in [-0.1, -0.05) is 0 Å². The molecule has 1 aromatic carbocycles. The van der Waals surface area contributed by atoms with E-state index in [2.05, 4.69) is 15.7 Å². The van der Waals surface area contributed by atoms with Crippen molar-refractivity contribution in [3.8, 4) is 0 Å². The van der Waals surface area contributed by atoms with Crippen LogP contribution in [0, 0.1) is 0 Å². The van der Waals surface area contributed by atoms with E-state index in [4.69, 9.17) is 0 Å². The van der Waals surface area contributed by atoms with Crippen LogP contribution in [0.2, 0.25) is 0 Å². The van der Waals surface area contributed by atoms with Crippen molar-refractivity contribution in [3.05, 3.63) is 41.7 Å². The maximum atomic E-state index is 13.2. The van der Waals surface area contributed by atoms with Crippen molar-refractivity contribution in [3.63, 3.8) is 0 Å². The van der Waals surface area contributed by atoms with E-state index in [1.807, 2.05) is 0 Å². The zero-order chi connectivity index (χ0) is 18.6. The molecule has 0 aliphatic heterocycles. The van der Waals surface area contributed by atoms with E-state index in [0.29, 0.717) is 6.42 Å². The molecule has 2 amide bonds. The Bertz CT molecular complexity index is 784. The topological polar surface area (TPSA) is 76.0 Å². The van der Waals surface area contributed by atoms with Crippen LogP contribution >= 0.6 is 0 Å². The first kappa shape index (κ1) is 18.5. The summed E-state index contributed by atoms with van der Waals surface area (Å²) in [6.07, 6.45) is -0.949. The maximum Gasteiger partial charge on any atom is 0.418 e. The van der Waals surface area contributed by atoms with E-state index in [-0.39, 0.29) is 17.8 Å². The van der Waals surface area contributed by atoms with Crippen LogP contribution in [0.5, 0.6) is 0 Å². The van der Waals surface area contributed by atoms with E-state index in [1.165, 1.54) is 13.0 Å². The minimum absolute atomic E-state index is 0.00758. The molecule has 0 aliphatic carbocycles. The number of carbonyl (C=O) groups excluding carboxylic acids is 2. The van der Waals surface area contributed by atoms with E-state index in [9.17, 15) is 22.8 Å². The summed E-state index contributed by atoms with van der Waals surface area (Å²) >= 11 is 0. The smallest absolute Gasteiger partial charge is 0.326 e. The molecular formula is C16H17F3N4O2. The van der Waals surface area contributed by atoms with Gasteiger partial charge in [0.25, 0.3) is 0 Å². The van der Waals surface area contributed by atoms with E-state index in [0.717, 1.165) is 17.7 Å². The standard InChI is InChI=1S/C16H17F3N4O2/c1-10(24)21-12-4-5-14(13(7-12)16(17,18)19)22-15(25)6-3-11-8-20-23(2)9-11/h4-5,7-9H,3,6H2,1-2H3,(H,21,24)(H,22,25). The van der Waals surface area contributed by atoms with Crippen molar-refractivity contribution >= 4 is 23.2 Å². The SMILES string of the molecule is CC(=O)Nc1ccc(NC(=O)CCc2cnn(C)c2)c(C(F)(F)F)c1. The second-order valence-electron chi connectivity index (χ2n) is 5.51. The van der Waals surface area contributed by atoms with Crippen molar-refractivity contribution in [2.24, 2.45) is 7.05 Å². The highest BCUT2D eigenvalue weighted by atomic mass is 19.4. The number of rotatable bonds is 5. The molecule has 2 aromatic rings. The summed E-state index contributed by atoms with van der Waals surface area (Å²) in [5, 5.41) is 8.52. The van der Waals surface area contributed by atoms with Crippen LogP contribution < -0.4 is 10.6 Å². The first-order valence-electron chi connectivity index (χ1n) is 7.41. The molecule has 0 unspecified atom stereocenters. The quantitative estimate of drug-likeness (QED) is 0.867. The monoisotopic (exact) mass is 354 g/mol. The van der Waals surface area contributed by atoms with Gasteiger partial charge in [0.05, 0.1) is 17.4 Å². The van der Waals surface area contributed by atoms with Crippen molar-refractivity contribution in [1.29, 1.82) is 0 Å². The molecule has 25 heavy (non-hydrogen) atoms. The number of hydrogen-bond donors (Lipinski definition) is 2. The van der Waals surface area contributed by atoms with Crippen molar-refractivity contribution in [2.75, 3.05) is 10.6 Å². The number of halogens is 3. The number of anilines is 2. The van der Waals surface area contributed by atoms with Gasteiger partial charge in [-0.2, -0.15) is 18.3 Å². The lowest BCUT2D eigenvalue weighted by Crippen LogP contribution is -2.17. The number of aromatic nitrogens is 2. The van der Waals surface area contributed by atoms with Crippen LogP contribution in [0.15, 0.2) is 30.6 Å². The van der Waals surface area contributed by atoms with Gasteiger partial charge in [-0.05, 0) is 30.2 Å². The van der Waals surface area contributed by atoms with Crippen LogP contribution in [-0.4, -0.2) is 21.6 Å². The summed E-state index contributed by atoms with van der Waals surface area (Å²) in [7, 11) is 1.73. The molecule has 0 bridgehead atoms. The molecule has 9 heteroatoms. The zero-order valence-corrected chi connectivity index (χ0v) is 13.6. The van der Waals surface area contributed by atoms with Crippen molar-refractivity contribution < 1.29 is 22.8 Å². The number of aryl methyl sites for hydroxylation is 2. The van der Waals surface area contributed by atoms with Gasteiger partial charge in [0.15, 0.2) is 0 Å². The second-order valence-corrected chi connectivity index (χ2v) is 5.51. The normalized spacial score (nSPS) is 11.2. The molecule has 2 N–H and O–H groups in total. The Balaban J connectivity index is 2.11. The summed E-state index contributed by atoms with van der Waals surface area (Å²) < 4.78 is 41.2. The summed E-state index contributed by atoms with van der Waals surface area (Å²) in [6, 6.07) is 3.21. The summed E-state index contributed by atoms with van der Waals surface area (Å²) in [4.78, 5) is 22.9. The molecule has 0 aliphatic rings. The maximum absolute atomic E-state index is 13.2. The molecule has 2 rings (SSSR count). The highest BCUT2D eigenvalue weighted by Crippen LogP contribution is 2.36. The fourth-order valence-electron chi connectivity index (χ4n) is 2.24. The van der Waals surface area contributed by atoms with Gasteiger partial charge in [-0.25, -0.2) is 0 Å².